The average molecular weight is 412 g/mol. The van der Waals surface area contributed by atoms with Gasteiger partial charge < -0.3 is 25.0 Å². The number of para-hydroxylation sites is 1. The molecule has 0 saturated heterocycles. The normalized spacial score (nSPS) is 12.9. The summed E-state index contributed by atoms with van der Waals surface area (Å²) >= 11 is 0. The molecular formula is C22H26N3O5+. The first-order chi connectivity index (χ1) is 14.4. The van der Waals surface area contributed by atoms with Gasteiger partial charge in [0, 0.05) is 17.3 Å². The second-order valence-electron chi connectivity index (χ2n) is 7.22. The van der Waals surface area contributed by atoms with Crippen LogP contribution in [-0.2, 0) is 16.0 Å². The molecule has 1 atom stereocenters. The van der Waals surface area contributed by atoms with Crippen molar-refractivity contribution in [2.75, 3.05) is 37.6 Å². The number of Topliss-reactive ketones (excluding diaryl/α,β-unsaturated/α-hetero) is 1. The lowest BCUT2D eigenvalue weighted by molar-refractivity contribution is -0.862. The van der Waals surface area contributed by atoms with Crippen LogP contribution < -0.4 is 25.0 Å². The molecule has 1 unspecified atom stereocenters. The van der Waals surface area contributed by atoms with Gasteiger partial charge in [-0.3, -0.25) is 14.4 Å². The van der Waals surface area contributed by atoms with Crippen LogP contribution in [0.15, 0.2) is 36.4 Å². The van der Waals surface area contributed by atoms with Gasteiger partial charge in [-0.15, -0.1) is 0 Å². The number of anilines is 2. The minimum Gasteiger partial charge on any atom is -0.454 e. The Morgan fingerprint density at radius 3 is 2.20 bits per heavy atom. The molecule has 0 aliphatic carbocycles. The molecule has 0 spiro atoms. The number of benzene rings is 2. The third-order valence-electron chi connectivity index (χ3n) is 4.76. The van der Waals surface area contributed by atoms with Crippen LogP contribution in [0.5, 0.6) is 11.5 Å². The fraction of sp³-hybridized carbons (Fsp3) is 0.318. The summed E-state index contributed by atoms with van der Waals surface area (Å²) in [7, 11) is 1.76. The number of carbonyl (C=O) groups is 3. The first-order valence-corrected chi connectivity index (χ1v) is 9.80. The number of amides is 2. The van der Waals surface area contributed by atoms with E-state index in [1.807, 2.05) is 31.2 Å². The summed E-state index contributed by atoms with van der Waals surface area (Å²) in [6.07, 6.45) is 0.815. The number of quaternary nitrogens is 1. The highest BCUT2D eigenvalue weighted by Crippen LogP contribution is 2.37. The first-order valence-electron chi connectivity index (χ1n) is 9.80. The zero-order valence-corrected chi connectivity index (χ0v) is 17.3. The summed E-state index contributed by atoms with van der Waals surface area (Å²) in [6.45, 7) is 3.72. The van der Waals surface area contributed by atoms with Gasteiger partial charge >= 0.3 is 0 Å². The van der Waals surface area contributed by atoms with Crippen molar-refractivity contribution in [1.82, 2.24) is 0 Å². The number of nitrogens with one attached hydrogen (secondary N) is 3. The largest absolute Gasteiger partial charge is 0.454 e. The average Bonchev–Trinajstić information content (AvgIpc) is 3.14. The van der Waals surface area contributed by atoms with E-state index in [0.717, 1.165) is 17.7 Å². The molecule has 0 saturated carbocycles. The number of likely N-dealkylation sites (N-methyl/N-ethyl adjacent to an activating group) is 1. The first kappa shape index (κ1) is 21.3. The molecule has 1 aliphatic heterocycles. The number of ether oxygens (including phenoxy) is 2. The van der Waals surface area contributed by atoms with E-state index in [1.165, 1.54) is 6.92 Å². The number of fused-ring (bicyclic) bond motifs is 1. The van der Waals surface area contributed by atoms with Crippen LogP contribution in [0.3, 0.4) is 0 Å². The van der Waals surface area contributed by atoms with E-state index in [1.54, 1.807) is 19.2 Å². The SMILES string of the molecule is CCc1ccccc1NC(=O)C[NH+](C)CC(=O)Nc1cc2c(cc1C(C)=O)OCO2. The smallest absolute Gasteiger partial charge is 0.279 e. The summed E-state index contributed by atoms with van der Waals surface area (Å²) in [5.41, 5.74) is 2.56. The Kier molecular flexibility index (Phi) is 6.68. The highest BCUT2D eigenvalue weighted by molar-refractivity contribution is 6.04. The summed E-state index contributed by atoms with van der Waals surface area (Å²) in [5.74, 6) is 0.275. The Labute approximate surface area is 175 Å². The fourth-order valence-corrected chi connectivity index (χ4v) is 3.29. The molecule has 8 nitrogen and oxygen atoms in total. The van der Waals surface area contributed by atoms with E-state index in [-0.39, 0.29) is 37.5 Å². The summed E-state index contributed by atoms with van der Waals surface area (Å²) in [6, 6.07) is 10.8. The number of hydrogen-bond acceptors (Lipinski definition) is 5. The lowest BCUT2D eigenvalue weighted by atomic mass is 10.1. The van der Waals surface area contributed by atoms with Crippen molar-refractivity contribution in [3.63, 3.8) is 0 Å². The van der Waals surface area contributed by atoms with Gasteiger partial charge in [-0.1, -0.05) is 25.1 Å². The second kappa shape index (κ2) is 9.41. The van der Waals surface area contributed by atoms with Crippen LogP contribution >= 0.6 is 0 Å². The maximum Gasteiger partial charge on any atom is 0.279 e. The second-order valence-corrected chi connectivity index (χ2v) is 7.22. The Balaban J connectivity index is 1.58. The molecule has 30 heavy (non-hydrogen) atoms. The van der Waals surface area contributed by atoms with Crippen LogP contribution in [0.1, 0.15) is 29.8 Å². The predicted molar refractivity (Wildman–Crippen MR) is 112 cm³/mol. The topological polar surface area (TPSA) is 98.2 Å². The minimum atomic E-state index is -0.310. The molecule has 8 heteroatoms. The summed E-state index contributed by atoms with van der Waals surface area (Å²) < 4.78 is 10.6. The maximum absolute atomic E-state index is 12.5. The van der Waals surface area contributed by atoms with E-state index >= 15 is 0 Å². The van der Waals surface area contributed by atoms with Crippen LogP contribution in [-0.4, -0.2) is 44.5 Å². The maximum atomic E-state index is 12.5. The molecule has 0 bridgehead atoms. The van der Waals surface area contributed by atoms with Crippen LogP contribution in [0, 0.1) is 0 Å². The van der Waals surface area contributed by atoms with E-state index in [4.69, 9.17) is 9.47 Å². The Hall–Kier alpha value is -3.39. The Bertz CT molecular complexity index is 973. The van der Waals surface area contributed by atoms with Gasteiger partial charge in [0.05, 0.1) is 12.7 Å². The van der Waals surface area contributed by atoms with Crippen molar-refractivity contribution in [2.24, 2.45) is 0 Å². The predicted octanol–water partition coefficient (Wildman–Crippen LogP) is 1.27. The van der Waals surface area contributed by atoms with Gasteiger partial charge in [-0.25, -0.2) is 0 Å². The monoisotopic (exact) mass is 412 g/mol. The van der Waals surface area contributed by atoms with Gasteiger partial charge in [-0.2, -0.15) is 0 Å². The lowest BCUT2D eigenvalue weighted by Crippen LogP contribution is -3.11. The van der Waals surface area contributed by atoms with Crippen molar-refractivity contribution in [1.29, 1.82) is 0 Å². The van der Waals surface area contributed by atoms with Gasteiger partial charge in [0.15, 0.2) is 30.4 Å². The number of hydrogen-bond donors (Lipinski definition) is 3. The van der Waals surface area contributed by atoms with Crippen LogP contribution in [0.4, 0.5) is 11.4 Å². The van der Waals surface area contributed by atoms with Gasteiger partial charge in [0.25, 0.3) is 11.8 Å². The Morgan fingerprint density at radius 1 is 0.967 bits per heavy atom. The van der Waals surface area contributed by atoms with Crippen LogP contribution in [0.25, 0.3) is 0 Å². The molecule has 0 radical (unpaired) electrons. The zero-order chi connectivity index (χ0) is 21.7. The van der Waals surface area contributed by atoms with E-state index < -0.39 is 0 Å². The molecule has 1 aliphatic rings. The van der Waals surface area contributed by atoms with Gasteiger partial charge in [0.1, 0.15) is 0 Å². The molecule has 1 heterocycles. The molecule has 2 aromatic carbocycles. The molecular weight excluding hydrogens is 386 g/mol. The molecule has 0 aromatic heterocycles. The van der Waals surface area contributed by atoms with Crippen molar-refractivity contribution in [2.45, 2.75) is 20.3 Å². The summed E-state index contributed by atoms with van der Waals surface area (Å²) in [5, 5.41) is 5.65. The van der Waals surface area contributed by atoms with Gasteiger partial charge in [-0.05, 0) is 31.0 Å². The minimum absolute atomic E-state index is 0.0641. The lowest BCUT2D eigenvalue weighted by Gasteiger charge is -2.16. The van der Waals surface area contributed by atoms with E-state index in [2.05, 4.69) is 10.6 Å². The van der Waals surface area contributed by atoms with Crippen molar-refractivity contribution in [3.05, 3.63) is 47.5 Å². The number of carbonyl (C=O) groups excluding carboxylic acids is 3. The number of aryl methyl sites for hydroxylation is 1. The van der Waals surface area contributed by atoms with Crippen molar-refractivity contribution < 1.29 is 28.8 Å². The standard InChI is InChI=1S/C22H25N3O5/c1-4-15-7-5-6-8-17(15)23-21(27)11-25(3)12-22(28)24-18-10-20-19(29-13-30-20)9-16(18)14(2)26/h5-10H,4,11-13H2,1-3H3,(H,23,27)(H,24,28)/p+1. The number of ketones is 1. The molecule has 3 N–H and O–H groups in total. The summed E-state index contributed by atoms with van der Waals surface area (Å²) in [4.78, 5) is 37.5. The zero-order valence-electron chi connectivity index (χ0n) is 17.3. The van der Waals surface area contributed by atoms with Crippen LogP contribution in [0.2, 0.25) is 0 Å². The third-order valence-corrected chi connectivity index (χ3v) is 4.76. The molecule has 2 aromatic rings. The fourth-order valence-electron chi connectivity index (χ4n) is 3.29. The highest BCUT2D eigenvalue weighted by Gasteiger charge is 2.22. The third kappa shape index (κ3) is 5.15. The highest BCUT2D eigenvalue weighted by atomic mass is 16.7. The van der Waals surface area contributed by atoms with E-state index in [0.29, 0.717) is 27.6 Å². The molecule has 2 amide bonds. The molecule has 3 rings (SSSR count). The molecule has 0 fully saturated rings. The van der Waals surface area contributed by atoms with Crippen molar-refractivity contribution >= 4 is 29.0 Å². The van der Waals surface area contributed by atoms with Gasteiger partial charge in [0.2, 0.25) is 6.79 Å². The Morgan fingerprint density at radius 2 is 1.57 bits per heavy atom. The molecule has 158 valence electrons. The van der Waals surface area contributed by atoms with E-state index in [9.17, 15) is 14.4 Å². The number of rotatable bonds is 8. The van der Waals surface area contributed by atoms with Crippen molar-refractivity contribution in [3.8, 4) is 11.5 Å². The quantitative estimate of drug-likeness (QED) is 0.568.